The Morgan fingerprint density at radius 3 is 1.09 bits per heavy atom. The van der Waals surface area contributed by atoms with Crippen molar-refractivity contribution in [1.29, 1.82) is 0 Å². The molecule has 0 aromatic carbocycles. The maximum Gasteiger partial charge on any atom is 2.00 e. The quantitative estimate of drug-likeness (QED) is 0.193. The summed E-state index contributed by atoms with van der Waals surface area (Å²) in [7, 11) is 0. The van der Waals surface area contributed by atoms with Crippen molar-refractivity contribution < 1.29 is 34.2 Å². The first-order chi connectivity index (χ1) is 9.83. The van der Waals surface area contributed by atoms with Crippen molar-refractivity contribution in [3.8, 4) is 0 Å². The Kier molecular flexibility index (Phi) is 38.0. The van der Waals surface area contributed by atoms with Crippen LogP contribution in [0.1, 0.15) is 90.9 Å². The molecule has 0 heterocycles. The maximum atomic E-state index is 7.56. The number of hydrogen-bond acceptors (Lipinski definition) is 1. The number of rotatable bonds is 10. The molecule has 22 heavy (non-hydrogen) atoms. The van der Waals surface area contributed by atoms with E-state index in [-0.39, 0.29) is 19.5 Å². The van der Waals surface area contributed by atoms with E-state index in [0.29, 0.717) is 0 Å². The molecule has 0 aromatic heterocycles. The predicted octanol–water partition coefficient (Wildman–Crippen LogP) is 5.55. The van der Waals surface area contributed by atoms with Crippen molar-refractivity contribution in [3.05, 3.63) is 13.8 Å². The largest absolute Gasteiger partial charge is 2.00 e. The molecule has 6 heteroatoms. The normalized spacial score (nSPS) is 9.77. The zero-order valence-electron chi connectivity index (χ0n) is 14.8. The monoisotopic (exact) mass is 404 g/mol. The van der Waals surface area contributed by atoms with Gasteiger partial charge >= 0.3 is 26.2 Å². The van der Waals surface area contributed by atoms with Crippen LogP contribution in [0.4, 0.5) is 0 Å². The molecule has 0 amide bonds. The molecule has 0 spiro atoms. The fraction of sp³-hybridized carbons (Fsp3) is 0.875. The van der Waals surface area contributed by atoms with E-state index in [0.717, 1.165) is 12.8 Å². The molecule has 0 saturated heterocycles. The van der Waals surface area contributed by atoms with Gasteiger partial charge in [0.25, 0.3) is 0 Å². The second-order valence-electron chi connectivity index (χ2n) is 5.05. The van der Waals surface area contributed by atoms with Gasteiger partial charge in [0.05, 0.1) is 0 Å². The molecule has 0 fully saturated rings. The van der Waals surface area contributed by atoms with Crippen LogP contribution in [0.15, 0.2) is 0 Å². The van der Waals surface area contributed by atoms with Crippen molar-refractivity contribution in [2.45, 2.75) is 90.9 Å². The molecular formula is C16H37O3PSZn. The third-order valence-corrected chi connectivity index (χ3v) is 2.71. The molecule has 0 bridgehead atoms. The minimum Gasteiger partial charge on any atom is -0.343 e. The van der Waals surface area contributed by atoms with Crippen LogP contribution in [0.2, 0.25) is 0 Å². The van der Waals surface area contributed by atoms with Gasteiger partial charge in [0, 0.05) is 0 Å². The maximum absolute atomic E-state index is 7.56. The molecule has 0 rings (SSSR count). The summed E-state index contributed by atoms with van der Waals surface area (Å²) >= 11 is 3.60. The van der Waals surface area contributed by atoms with E-state index in [1.807, 2.05) is 0 Å². The first-order valence-electron chi connectivity index (χ1n) is 8.20. The van der Waals surface area contributed by atoms with Crippen molar-refractivity contribution in [3.63, 3.8) is 0 Å². The van der Waals surface area contributed by atoms with E-state index in [1.54, 1.807) is 0 Å². The second kappa shape index (κ2) is 27.0. The minimum absolute atomic E-state index is 0. The SMILES string of the molecule is OP(O)(O)=S.[CH2-]CCCCCCC.[CH2-]CCCCCCC.[Zn+2]. The van der Waals surface area contributed by atoms with E-state index in [9.17, 15) is 0 Å². The Morgan fingerprint density at radius 2 is 0.909 bits per heavy atom. The third kappa shape index (κ3) is 69.1. The van der Waals surface area contributed by atoms with Crippen molar-refractivity contribution >= 4 is 18.5 Å². The van der Waals surface area contributed by atoms with Gasteiger partial charge in [0.2, 0.25) is 0 Å². The van der Waals surface area contributed by atoms with Gasteiger partial charge in [0.15, 0.2) is 0 Å². The Labute approximate surface area is 157 Å². The van der Waals surface area contributed by atoms with Crippen molar-refractivity contribution in [2.24, 2.45) is 0 Å². The fourth-order valence-electron chi connectivity index (χ4n) is 1.56. The van der Waals surface area contributed by atoms with E-state index in [2.05, 4.69) is 39.5 Å². The van der Waals surface area contributed by atoms with Crippen LogP contribution in [0, 0.1) is 13.8 Å². The molecule has 0 aliphatic carbocycles. The standard InChI is InChI=1S/2C8H17.H3O3PS.Zn/c2*1-3-5-7-8-6-4-2;1-4(2,3)5;/h2*1,3-8H2,2H3;(H3,1,2,3,5);/q2*-1;;+2. The fourth-order valence-corrected chi connectivity index (χ4v) is 1.56. The van der Waals surface area contributed by atoms with Crippen LogP contribution in [-0.4, -0.2) is 14.7 Å². The summed E-state index contributed by atoms with van der Waals surface area (Å²) in [5.74, 6) is 0. The Bertz CT molecular complexity index is 181. The summed E-state index contributed by atoms with van der Waals surface area (Å²) in [5.41, 5.74) is 0. The number of unbranched alkanes of at least 4 members (excludes halogenated alkanes) is 10. The van der Waals surface area contributed by atoms with Gasteiger partial charge in [-0.3, -0.25) is 0 Å². The van der Waals surface area contributed by atoms with Crippen LogP contribution in [0.3, 0.4) is 0 Å². The van der Waals surface area contributed by atoms with Crippen LogP contribution in [0.25, 0.3) is 0 Å². The van der Waals surface area contributed by atoms with Gasteiger partial charge in [-0.1, -0.05) is 78.1 Å². The second-order valence-corrected chi connectivity index (χ2v) is 7.55. The topological polar surface area (TPSA) is 60.7 Å². The Hall–Kier alpha value is 1.15. The number of hydrogen-bond donors (Lipinski definition) is 3. The summed E-state index contributed by atoms with van der Waals surface area (Å²) in [6, 6.07) is 0. The van der Waals surface area contributed by atoms with E-state index < -0.39 is 6.72 Å². The summed E-state index contributed by atoms with van der Waals surface area (Å²) in [5, 5.41) is 0. The predicted molar refractivity (Wildman–Crippen MR) is 98.4 cm³/mol. The molecule has 0 aliphatic rings. The molecule has 3 N–H and O–H groups in total. The van der Waals surface area contributed by atoms with Gasteiger partial charge in [-0.15, -0.1) is 0 Å². The molecule has 0 radical (unpaired) electrons. The Balaban J connectivity index is -0.000000111. The first kappa shape index (κ1) is 31.0. The summed E-state index contributed by atoms with van der Waals surface area (Å²) in [6.07, 6.45) is 16.0. The van der Waals surface area contributed by atoms with E-state index in [1.165, 1.54) is 64.2 Å². The summed E-state index contributed by atoms with van der Waals surface area (Å²) in [4.78, 5) is 22.7. The minimum atomic E-state index is -3.81. The van der Waals surface area contributed by atoms with Gasteiger partial charge in [-0.25, -0.2) is 0 Å². The van der Waals surface area contributed by atoms with Gasteiger partial charge in [-0.05, 0) is 11.8 Å². The first-order valence-corrected chi connectivity index (χ1v) is 10.9. The van der Waals surface area contributed by atoms with Crippen molar-refractivity contribution in [2.75, 3.05) is 0 Å². The third-order valence-electron chi connectivity index (χ3n) is 2.71. The molecule has 0 unspecified atom stereocenters. The summed E-state index contributed by atoms with van der Waals surface area (Å²) in [6.45, 7) is 8.24. The van der Waals surface area contributed by atoms with Gasteiger partial charge < -0.3 is 28.5 Å². The van der Waals surface area contributed by atoms with Crippen LogP contribution >= 0.6 is 6.72 Å². The molecule has 0 aliphatic heterocycles. The smallest absolute Gasteiger partial charge is 0.343 e. The average molecular weight is 406 g/mol. The van der Waals surface area contributed by atoms with Crippen LogP contribution in [-0.2, 0) is 31.3 Å². The Morgan fingerprint density at radius 1 is 0.682 bits per heavy atom. The average Bonchev–Trinajstić information content (AvgIpc) is 2.39. The zero-order chi connectivity index (χ0) is 17.0. The van der Waals surface area contributed by atoms with Gasteiger partial charge in [-0.2, -0.15) is 12.8 Å². The molecule has 132 valence electrons. The van der Waals surface area contributed by atoms with Crippen LogP contribution in [0.5, 0.6) is 0 Å². The molecular weight excluding hydrogens is 369 g/mol. The van der Waals surface area contributed by atoms with Crippen LogP contribution < -0.4 is 0 Å². The van der Waals surface area contributed by atoms with Crippen molar-refractivity contribution in [1.82, 2.24) is 0 Å². The molecule has 0 aromatic rings. The summed E-state index contributed by atoms with van der Waals surface area (Å²) < 4.78 is 0. The molecule has 0 saturated carbocycles. The molecule has 0 atom stereocenters. The van der Waals surface area contributed by atoms with E-state index >= 15 is 0 Å². The molecule has 3 nitrogen and oxygen atoms in total. The zero-order valence-corrected chi connectivity index (χ0v) is 19.5. The van der Waals surface area contributed by atoms with Gasteiger partial charge in [0.1, 0.15) is 0 Å². The van der Waals surface area contributed by atoms with E-state index in [4.69, 9.17) is 14.7 Å².